The molecule has 1 fully saturated rings. The van der Waals surface area contributed by atoms with Crippen LogP contribution in [0.15, 0.2) is 24.3 Å². The highest BCUT2D eigenvalue weighted by Crippen LogP contribution is 2.21. The van der Waals surface area contributed by atoms with Crippen LogP contribution in [-0.2, 0) is 20.9 Å². The van der Waals surface area contributed by atoms with Gasteiger partial charge in [-0.3, -0.25) is 9.59 Å². The van der Waals surface area contributed by atoms with Crippen molar-refractivity contribution in [3.05, 3.63) is 29.8 Å². The predicted molar refractivity (Wildman–Crippen MR) is 99.9 cm³/mol. The second kappa shape index (κ2) is 10.8. The standard InChI is InChI=1S/C20H30N2O4/c1-25-12-10-20(24)22-11-4-6-16(15-22)8-9-19(23)21-14-17-5-3-7-18(13-17)26-2/h3,5,7,13,16H,4,6,8-12,14-15H2,1-2H3,(H,21,23)/t16-/m1/s1. The number of methoxy groups -OCH3 is 2. The van der Waals surface area contributed by atoms with Gasteiger partial charge in [-0.15, -0.1) is 0 Å². The number of hydrogen-bond donors (Lipinski definition) is 1. The van der Waals surface area contributed by atoms with Crippen molar-refractivity contribution in [3.8, 4) is 5.75 Å². The number of nitrogens with zero attached hydrogens (tertiary/aromatic N) is 1. The Morgan fingerprint density at radius 1 is 1.27 bits per heavy atom. The molecule has 0 radical (unpaired) electrons. The summed E-state index contributed by atoms with van der Waals surface area (Å²) >= 11 is 0. The Kier molecular flexibility index (Phi) is 8.41. The van der Waals surface area contributed by atoms with Crippen molar-refractivity contribution in [1.82, 2.24) is 10.2 Å². The lowest BCUT2D eigenvalue weighted by Gasteiger charge is -2.32. The smallest absolute Gasteiger partial charge is 0.224 e. The topological polar surface area (TPSA) is 67.9 Å². The normalized spacial score (nSPS) is 17.0. The van der Waals surface area contributed by atoms with Crippen LogP contribution < -0.4 is 10.1 Å². The van der Waals surface area contributed by atoms with Crippen molar-refractivity contribution < 1.29 is 19.1 Å². The molecule has 1 aliphatic heterocycles. The summed E-state index contributed by atoms with van der Waals surface area (Å²) in [7, 11) is 3.24. The van der Waals surface area contributed by atoms with Crippen LogP contribution in [0.3, 0.4) is 0 Å². The third-order valence-corrected chi connectivity index (χ3v) is 4.80. The van der Waals surface area contributed by atoms with Crippen LogP contribution in [0.25, 0.3) is 0 Å². The minimum atomic E-state index is 0.0515. The van der Waals surface area contributed by atoms with E-state index in [4.69, 9.17) is 9.47 Å². The second-order valence-corrected chi connectivity index (χ2v) is 6.76. The number of likely N-dealkylation sites (tertiary alicyclic amines) is 1. The fraction of sp³-hybridized carbons (Fsp3) is 0.600. The lowest BCUT2D eigenvalue weighted by molar-refractivity contribution is -0.134. The van der Waals surface area contributed by atoms with Crippen LogP contribution in [0.1, 0.15) is 37.7 Å². The molecular weight excluding hydrogens is 332 g/mol. The van der Waals surface area contributed by atoms with E-state index in [2.05, 4.69) is 5.32 Å². The lowest BCUT2D eigenvalue weighted by Crippen LogP contribution is -2.40. The van der Waals surface area contributed by atoms with Crippen LogP contribution >= 0.6 is 0 Å². The highest BCUT2D eigenvalue weighted by atomic mass is 16.5. The first-order valence-corrected chi connectivity index (χ1v) is 9.28. The number of nitrogens with one attached hydrogen (secondary N) is 1. The van der Waals surface area contributed by atoms with Gasteiger partial charge in [-0.25, -0.2) is 0 Å². The Hall–Kier alpha value is -2.08. The molecule has 6 nitrogen and oxygen atoms in total. The molecule has 0 unspecified atom stereocenters. The Morgan fingerprint density at radius 3 is 2.88 bits per heavy atom. The van der Waals surface area contributed by atoms with Crippen molar-refractivity contribution in [2.75, 3.05) is 33.9 Å². The van der Waals surface area contributed by atoms with Gasteiger partial charge in [-0.1, -0.05) is 12.1 Å². The summed E-state index contributed by atoms with van der Waals surface area (Å²) in [5.41, 5.74) is 1.02. The first-order valence-electron chi connectivity index (χ1n) is 9.28. The molecule has 0 bridgehead atoms. The molecule has 0 aromatic heterocycles. The van der Waals surface area contributed by atoms with E-state index in [-0.39, 0.29) is 11.8 Å². The maximum Gasteiger partial charge on any atom is 0.224 e. The van der Waals surface area contributed by atoms with E-state index in [1.807, 2.05) is 29.2 Å². The molecule has 0 saturated carbocycles. The van der Waals surface area contributed by atoms with Gasteiger partial charge in [0.15, 0.2) is 0 Å². The van der Waals surface area contributed by atoms with E-state index in [9.17, 15) is 9.59 Å². The van der Waals surface area contributed by atoms with Gasteiger partial charge in [0.1, 0.15) is 5.75 Å². The second-order valence-electron chi connectivity index (χ2n) is 6.76. The molecule has 1 N–H and O–H groups in total. The maximum absolute atomic E-state index is 12.1. The maximum atomic E-state index is 12.1. The van der Waals surface area contributed by atoms with E-state index in [1.54, 1.807) is 14.2 Å². The first kappa shape index (κ1) is 20.2. The number of piperidine rings is 1. The van der Waals surface area contributed by atoms with E-state index >= 15 is 0 Å². The molecule has 1 aromatic carbocycles. The van der Waals surface area contributed by atoms with Gasteiger partial charge in [-0.2, -0.15) is 0 Å². The lowest BCUT2D eigenvalue weighted by atomic mass is 9.93. The molecule has 1 heterocycles. The molecule has 144 valence electrons. The number of hydrogen-bond acceptors (Lipinski definition) is 4. The Labute approximate surface area is 155 Å². The van der Waals surface area contributed by atoms with Gasteiger partial charge >= 0.3 is 0 Å². The fourth-order valence-corrected chi connectivity index (χ4v) is 3.28. The van der Waals surface area contributed by atoms with Gasteiger partial charge in [-0.05, 0) is 42.9 Å². The van der Waals surface area contributed by atoms with Crippen LogP contribution in [0.4, 0.5) is 0 Å². The number of amides is 2. The molecule has 0 aliphatic carbocycles. The molecular formula is C20H30N2O4. The van der Waals surface area contributed by atoms with Crippen LogP contribution in [0, 0.1) is 5.92 Å². The third kappa shape index (κ3) is 6.67. The van der Waals surface area contributed by atoms with Crippen LogP contribution in [0.2, 0.25) is 0 Å². The number of ether oxygens (including phenoxy) is 2. The number of carbonyl (C=O) groups is 2. The highest BCUT2D eigenvalue weighted by Gasteiger charge is 2.23. The van der Waals surface area contributed by atoms with E-state index in [0.717, 1.165) is 43.7 Å². The summed E-state index contributed by atoms with van der Waals surface area (Å²) in [4.78, 5) is 26.2. The van der Waals surface area contributed by atoms with Crippen molar-refractivity contribution >= 4 is 11.8 Å². The molecule has 1 aliphatic rings. The summed E-state index contributed by atoms with van der Waals surface area (Å²) in [5, 5.41) is 2.96. The summed E-state index contributed by atoms with van der Waals surface area (Å²) < 4.78 is 10.2. The zero-order valence-corrected chi connectivity index (χ0v) is 15.8. The molecule has 26 heavy (non-hydrogen) atoms. The SMILES string of the molecule is COCCC(=O)N1CCC[C@H](CCC(=O)NCc2cccc(OC)c2)C1. The monoisotopic (exact) mass is 362 g/mol. The van der Waals surface area contributed by atoms with Crippen molar-refractivity contribution in [3.63, 3.8) is 0 Å². The van der Waals surface area contributed by atoms with Gasteiger partial charge in [0.25, 0.3) is 0 Å². The zero-order chi connectivity index (χ0) is 18.8. The molecule has 1 saturated heterocycles. The minimum absolute atomic E-state index is 0.0515. The third-order valence-electron chi connectivity index (χ3n) is 4.80. The van der Waals surface area contributed by atoms with Crippen LogP contribution in [0.5, 0.6) is 5.75 Å². The molecule has 2 amide bonds. The van der Waals surface area contributed by atoms with Crippen molar-refractivity contribution in [2.45, 2.75) is 38.6 Å². The quantitative estimate of drug-likeness (QED) is 0.732. The van der Waals surface area contributed by atoms with Gasteiger partial charge in [0.2, 0.25) is 11.8 Å². The molecule has 2 rings (SSSR count). The molecule has 0 spiro atoms. The van der Waals surface area contributed by atoms with Crippen molar-refractivity contribution in [1.29, 1.82) is 0 Å². The van der Waals surface area contributed by atoms with Crippen molar-refractivity contribution in [2.24, 2.45) is 5.92 Å². The molecule has 1 aromatic rings. The van der Waals surface area contributed by atoms with Crippen LogP contribution in [-0.4, -0.2) is 50.6 Å². The number of carbonyl (C=O) groups excluding carboxylic acids is 2. The average Bonchev–Trinajstić information content (AvgIpc) is 2.69. The fourth-order valence-electron chi connectivity index (χ4n) is 3.28. The zero-order valence-electron chi connectivity index (χ0n) is 15.8. The van der Waals surface area contributed by atoms with Gasteiger partial charge in [0, 0.05) is 33.2 Å². The van der Waals surface area contributed by atoms with Gasteiger partial charge < -0.3 is 19.7 Å². The van der Waals surface area contributed by atoms with E-state index in [1.165, 1.54) is 0 Å². The van der Waals surface area contributed by atoms with Gasteiger partial charge in [0.05, 0.1) is 20.1 Å². The first-order chi connectivity index (χ1) is 12.6. The van der Waals surface area contributed by atoms with E-state index < -0.39 is 0 Å². The molecule has 6 heteroatoms. The number of benzene rings is 1. The highest BCUT2D eigenvalue weighted by molar-refractivity contribution is 5.76. The largest absolute Gasteiger partial charge is 0.497 e. The predicted octanol–water partition coefficient (Wildman–Crippen LogP) is 2.37. The Bertz CT molecular complexity index is 591. The summed E-state index contributed by atoms with van der Waals surface area (Å²) in [6, 6.07) is 7.68. The summed E-state index contributed by atoms with van der Waals surface area (Å²) in [6.07, 6.45) is 3.84. The van der Waals surface area contributed by atoms with E-state index in [0.29, 0.717) is 31.9 Å². The average molecular weight is 362 g/mol. The number of rotatable bonds is 9. The summed E-state index contributed by atoms with van der Waals surface area (Å²) in [6.45, 7) is 2.54. The minimum Gasteiger partial charge on any atom is -0.497 e. The molecule has 1 atom stereocenters. The summed E-state index contributed by atoms with van der Waals surface area (Å²) in [5.74, 6) is 1.39. The Morgan fingerprint density at radius 2 is 2.12 bits per heavy atom. The Balaban J connectivity index is 1.70.